The van der Waals surface area contributed by atoms with E-state index < -0.39 is 0 Å². The summed E-state index contributed by atoms with van der Waals surface area (Å²) in [5.74, 6) is 2.49. The summed E-state index contributed by atoms with van der Waals surface area (Å²) in [6, 6.07) is 0. The number of halogens is 1. The summed E-state index contributed by atoms with van der Waals surface area (Å²) < 4.78 is 2.70. The van der Waals surface area contributed by atoms with Gasteiger partial charge in [-0.15, -0.1) is 0 Å². The smallest absolute Gasteiger partial charge is 0.162 e. The Bertz CT molecular complexity index is 613. The van der Waals surface area contributed by atoms with Crippen LogP contribution in [0.1, 0.15) is 39.1 Å². The lowest BCUT2D eigenvalue weighted by molar-refractivity contribution is 0.542. The van der Waals surface area contributed by atoms with Crippen LogP contribution in [0.2, 0.25) is 0 Å². The van der Waals surface area contributed by atoms with E-state index in [-0.39, 0.29) is 5.41 Å². The fourth-order valence-corrected chi connectivity index (χ4v) is 2.11. The van der Waals surface area contributed by atoms with Gasteiger partial charge in [-0.2, -0.15) is 5.10 Å². The minimum absolute atomic E-state index is 0.114. The minimum atomic E-state index is -0.114. The number of rotatable bonds is 3. The molecule has 0 radical (unpaired) electrons. The molecule has 2 aromatic heterocycles. The van der Waals surface area contributed by atoms with Crippen molar-refractivity contribution in [3.63, 3.8) is 0 Å². The summed E-state index contributed by atoms with van der Waals surface area (Å²) >= 11 is 3.42. The second-order valence-electron chi connectivity index (χ2n) is 5.73. The second kappa shape index (κ2) is 5.52. The normalized spacial score (nSPS) is 11.7. The molecule has 0 unspecified atom stereocenters. The van der Waals surface area contributed by atoms with E-state index in [9.17, 15) is 0 Å². The van der Waals surface area contributed by atoms with Gasteiger partial charge < -0.3 is 5.32 Å². The molecule has 20 heavy (non-hydrogen) atoms. The molecule has 0 fully saturated rings. The van der Waals surface area contributed by atoms with Crippen LogP contribution in [0.25, 0.3) is 5.82 Å². The Balaban J connectivity index is 2.63. The first-order valence-electron chi connectivity index (χ1n) is 6.66. The molecule has 6 heteroatoms. The van der Waals surface area contributed by atoms with Gasteiger partial charge in [0.25, 0.3) is 0 Å². The zero-order valence-corrected chi connectivity index (χ0v) is 14.1. The quantitative estimate of drug-likeness (QED) is 0.931. The van der Waals surface area contributed by atoms with Gasteiger partial charge in [0.1, 0.15) is 11.6 Å². The van der Waals surface area contributed by atoms with E-state index >= 15 is 0 Å². The number of hydrogen-bond acceptors (Lipinski definition) is 4. The van der Waals surface area contributed by atoms with E-state index in [1.165, 1.54) is 0 Å². The molecule has 5 nitrogen and oxygen atoms in total. The molecule has 0 spiro atoms. The first-order chi connectivity index (χ1) is 9.32. The van der Waals surface area contributed by atoms with Crippen LogP contribution in [-0.2, 0) is 5.41 Å². The molecule has 0 aromatic carbocycles. The van der Waals surface area contributed by atoms with Crippen molar-refractivity contribution in [3.8, 4) is 5.82 Å². The molecule has 0 atom stereocenters. The van der Waals surface area contributed by atoms with Gasteiger partial charge in [-0.1, -0.05) is 20.8 Å². The van der Waals surface area contributed by atoms with Crippen LogP contribution in [0.5, 0.6) is 0 Å². The number of aromatic nitrogens is 4. The Hall–Kier alpha value is -1.43. The summed E-state index contributed by atoms with van der Waals surface area (Å²) in [4.78, 5) is 9.35. The average molecular weight is 338 g/mol. The Morgan fingerprint density at radius 2 is 2.00 bits per heavy atom. The van der Waals surface area contributed by atoms with E-state index in [0.29, 0.717) is 0 Å². The van der Waals surface area contributed by atoms with Crippen LogP contribution in [0.3, 0.4) is 0 Å². The lowest BCUT2D eigenvalue weighted by atomic mass is 9.95. The van der Waals surface area contributed by atoms with E-state index in [2.05, 4.69) is 59.0 Å². The molecule has 2 heterocycles. The summed E-state index contributed by atoms with van der Waals surface area (Å²) in [6.45, 7) is 11.2. The van der Waals surface area contributed by atoms with Gasteiger partial charge in [-0.3, -0.25) is 0 Å². The summed E-state index contributed by atoms with van der Waals surface area (Å²) in [5, 5.41) is 7.62. The zero-order valence-electron chi connectivity index (χ0n) is 12.5. The number of hydrogen-bond donors (Lipinski definition) is 1. The van der Waals surface area contributed by atoms with Crippen molar-refractivity contribution < 1.29 is 0 Å². The third-order valence-electron chi connectivity index (χ3n) is 2.90. The number of nitrogens with zero attached hydrogens (tertiary/aromatic N) is 4. The Morgan fingerprint density at radius 3 is 2.50 bits per heavy atom. The Kier molecular flexibility index (Phi) is 4.13. The van der Waals surface area contributed by atoms with Crippen LogP contribution in [0.15, 0.2) is 16.9 Å². The van der Waals surface area contributed by atoms with Crippen molar-refractivity contribution in [2.24, 2.45) is 0 Å². The lowest BCUT2D eigenvalue weighted by Gasteiger charge is -2.20. The molecule has 0 aliphatic heterocycles. The highest BCUT2D eigenvalue weighted by atomic mass is 79.9. The molecule has 108 valence electrons. The highest BCUT2D eigenvalue weighted by Gasteiger charge is 2.22. The van der Waals surface area contributed by atoms with Crippen molar-refractivity contribution >= 4 is 21.7 Å². The summed E-state index contributed by atoms with van der Waals surface area (Å²) in [6.07, 6.45) is 3.66. The maximum Gasteiger partial charge on any atom is 0.162 e. The van der Waals surface area contributed by atoms with E-state index in [1.54, 1.807) is 10.9 Å². The van der Waals surface area contributed by atoms with Gasteiger partial charge in [-0.25, -0.2) is 14.6 Å². The summed E-state index contributed by atoms with van der Waals surface area (Å²) in [5.41, 5.74) is 0.882. The van der Waals surface area contributed by atoms with Crippen LogP contribution in [0.4, 0.5) is 5.82 Å². The van der Waals surface area contributed by atoms with Crippen molar-refractivity contribution in [2.75, 3.05) is 11.9 Å². The first kappa shape index (κ1) is 15.0. The van der Waals surface area contributed by atoms with Gasteiger partial charge in [0.05, 0.1) is 10.7 Å². The molecule has 2 rings (SSSR count). The van der Waals surface area contributed by atoms with Crippen LogP contribution in [-0.4, -0.2) is 26.3 Å². The van der Waals surface area contributed by atoms with Crippen molar-refractivity contribution in [3.05, 3.63) is 28.3 Å². The summed E-state index contributed by atoms with van der Waals surface area (Å²) in [7, 11) is 0. The van der Waals surface area contributed by atoms with Gasteiger partial charge in [-0.05, 0) is 29.8 Å². The lowest BCUT2D eigenvalue weighted by Crippen LogP contribution is -2.20. The van der Waals surface area contributed by atoms with Gasteiger partial charge in [0.15, 0.2) is 5.82 Å². The Labute approximate surface area is 128 Å². The van der Waals surface area contributed by atoms with Gasteiger partial charge >= 0.3 is 0 Å². The van der Waals surface area contributed by atoms with E-state index in [4.69, 9.17) is 4.98 Å². The molecule has 0 saturated heterocycles. The molecule has 1 N–H and O–H groups in total. The van der Waals surface area contributed by atoms with E-state index in [0.717, 1.165) is 34.0 Å². The number of nitrogens with one attached hydrogen (secondary N) is 1. The molecule has 0 bridgehead atoms. The van der Waals surface area contributed by atoms with Crippen molar-refractivity contribution in [2.45, 2.75) is 40.0 Å². The number of anilines is 1. The highest BCUT2D eigenvalue weighted by molar-refractivity contribution is 9.10. The third-order valence-corrected chi connectivity index (χ3v) is 3.31. The molecule has 2 aromatic rings. The van der Waals surface area contributed by atoms with Gasteiger partial charge in [0, 0.05) is 23.7 Å². The molecule has 0 aliphatic rings. The SMILES string of the molecule is CCNc1nc(C(C)(C)C)nc(-n2cc(Br)cn2)c1C. The third kappa shape index (κ3) is 3.00. The molecule has 0 saturated carbocycles. The predicted molar refractivity (Wildman–Crippen MR) is 84.5 cm³/mol. The maximum atomic E-state index is 4.70. The molecule has 0 aliphatic carbocycles. The van der Waals surface area contributed by atoms with Gasteiger partial charge in [0.2, 0.25) is 0 Å². The highest BCUT2D eigenvalue weighted by Crippen LogP contribution is 2.25. The van der Waals surface area contributed by atoms with Crippen LogP contribution in [0, 0.1) is 6.92 Å². The molecular formula is C14H20BrN5. The van der Waals surface area contributed by atoms with Crippen molar-refractivity contribution in [1.29, 1.82) is 0 Å². The largest absolute Gasteiger partial charge is 0.370 e. The molecule has 0 amide bonds. The first-order valence-corrected chi connectivity index (χ1v) is 7.45. The predicted octanol–water partition coefficient (Wildman–Crippen LogP) is 3.46. The Morgan fingerprint density at radius 1 is 1.30 bits per heavy atom. The maximum absolute atomic E-state index is 4.70. The second-order valence-corrected chi connectivity index (χ2v) is 6.64. The fourth-order valence-electron chi connectivity index (χ4n) is 1.82. The minimum Gasteiger partial charge on any atom is -0.370 e. The van der Waals surface area contributed by atoms with Crippen LogP contribution < -0.4 is 5.32 Å². The zero-order chi connectivity index (χ0) is 14.9. The molecular weight excluding hydrogens is 318 g/mol. The van der Waals surface area contributed by atoms with Crippen LogP contribution >= 0.6 is 15.9 Å². The standard InChI is InChI=1S/C14H20BrN5/c1-6-16-11-9(2)12(20-8-10(15)7-17-20)19-13(18-11)14(3,4)5/h7-8H,6H2,1-5H3,(H,16,18,19). The topological polar surface area (TPSA) is 55.6 Å². The average Bonchev–Trinajstić information content (AvgIpc) is 2.77. The van der Waals surface area contributed by atoms with E-state index in [1.807, 2.05) is 13.1 Å². The fraction of sp³-hybridized carbons (Fsp3) is 0.500. The monoisotopic (exact) mass is 337 g/mol. The van der Waals surface area contributed by atoms with Crippen molar-refractivity contribution in [1.82, 2.24) is 19.7 Å².